The fourth-order valence-electron chi connectivity index (χ4n) is 2.05. The van der Waals surface area contributed by atoms with Gasteiger partial charge in [0.1, 0.15) is 0 Å². The molecule has 0 aliphatic carbocycles. The molecule has 5 nitrogen and oxygen atoms in total. The van der Waals surface area contributed by atoms with Gasteiger partial charge in [-0.1, -0.05) is 12.8 Å². The summed E-state index contributed by atoms with van der Waals surface area (Å²) in [6.45, 7) is 0.938. The van der Waals surface area contributed by atoms with Crippen LogP contribution < -0.4 is 5.32 Å². The first kappa shape index (κ1) is 13.9. The number of aliphatic hydroxyl groups is 1. The quantitative estimate of drug-likeness (QED) is 0.707. The van der Waals surface area contributed by atoms with E-state index in [4.69, 9.17) is 0 Å². The van der Waals surface area contributed by atoms with Crippen molar-refractivity contribution in [3.8, 4) is 0 Å². The number of nitrogens with one attached hydrogen (secondary N) is 1. The molecule has 0 saturated carbocycles. The van der Waals surface area contributed by atoms with Gasteiger partial charge in [-0.3, -0.25) is 0 Å². The van der Waals surface area contributed by atoms with E-state index < -0.39 is 10.0 Å². The molecule has 2 N–H and O–H groups in total. The van der Waals surface area contributed by atoms with Gasteiger partial charge in [-0.05, 0) is 19.9 Å². The van der Waals surface area contributed by atoms with E-state index in [9.17, 15) is 13.5 Å². The maximum absolute atomic E-state index is 12.0. The van der Waals surface area contributed by atoms with Crippen molar-refractivity contribution in [3.63, 3.8) is 0 Å². The predicted octanol–water partition coefficient (Wildman–Crippen LogP) is -0.227. The lowest BCUT2D eigenvalue weighted by atomic mass is 10.1. The Hall–Kier alpha value is -0.170. The summed E-state index contributed by atoms with van der Waals surface area (Å²) < 4.78 is 25.6. The predicted molar refractivity (Wildman–Crippen MR) is 63.8 cm³/mol. The second-order valence-electron chi connectivity index (χ2n) is 4.22. The third-order valence-corrected chi connectivity index (χ3v) is 4.92. The lowest BCUT2D eigenvalue weighted by Gasteiger charge is -2.27. The maximum atomic E-state index is 12.0. The van der Waals surface area contributed by atoms with Gasteiger partial charge in [-0.2, -0.15) is 4.31 Å². The Kier molecular flexibility index (Phi) is 5.68. The number of rotatable bonds is 5. The summed E-state index contributed by atoms with van der Waals surface area (Å²) in [7, 11) is -1.48. The summed E-state index contributed by atoms with van der Waals surface area (Å²) in [5, 5.41) is 12.1. The van der Waals surface area contributed by atoms with Gasteiger partial charge in [0.05, 0.1) is 12.4 Å². The maximum Gasteiger partial charge on any atom is 0.215 e. The molecule has 0 spiro atoms. The van der Waals surface area contributed by atoms with Crippen LogP contribution in [-0.4, -0.2) is 56.4 Å². The molecule has 1 fully saturated rings. The molecule has 1 aliphatic rings. The van der Waals surface area contributed by atoms with E-state index in [1.165, 1.54) is 4.31 Å². The second-order valence-corrected chi connectivity index (χ2v) is 6.26. The number of hydrogen-bond acceptors (Lipinski definition) is 4. The van der Waals surface area contributed by atoms with Crippen LogP contribution in [0.2, 0.25) is 0 Å². The Morgan fingerprint density at radius 2 is 2.12 bits per heavy atom. The molecule has 1 saturated heterocycles. The van der Waals surface area contributed by atoms with E-state index in [2.05, 4.69) is 5.32 Å². The minimum absolute atomic E-state index is 0.0707. The highest BCUT2D eigenvalue weighted by Gasteiger charge is 2.29. The average molecular weight is 250 g/mol. The molecule has 0 aromatic carbocycles. The zero-order valence-corrected chi connectivity index (χ0v) is 10.7. The van der Waals surface area contributed by atoms with Crippen molar-refractivity contribution in [2.75, 3.05) is 32.5 Å². The largest absolute Gasteiger partial charge is 0.395 e. The van der Waals surface area contributed by atoms with Crippen LogP contribution in [0.15, 0.2) is 0 Å². The van der Waals surface area contributed by atoms with Crippen molar-refractivity contribution in [3.05, 3.63) is 0 Å². The highest BCUT2D eigenvalue weighted by molar-refractivity contribution is 7.89. The van der Waals surface area contributed by atoms with Crippen LogP contribution >= 0.6 is 0 Å². The van der Waals surface area contributed by atoms with Crippen LogP contribution in [0.5, 0.6) is 0 Å². The van der Waals surface area contributed by atoms with Crippen LogP contribution in [0.3, 0.4) is 0 Å². The first-order valence-electron chi connectivity index (χ1n) is 5.87. The number of aliphatic hydroxyl groups excluding tert-OH is 1. The third kappa shape index (κ3) is 3.69. The van der Waals surface area contributed by atoms with Crippen molar-refractivity contribution >= 4 is 10.0 Å². The summed E-state index contributed by atoms with van der Waals surface area (Å²) in [5.74, 6) is 0.111. The van der Waals surface area contributed by atoms with Gasteiger partial charge >= 0.3 is 0 Å². The van der Waals surface area contributed by atoms with Crippen molar-refractivity contribution < 1.29 is 13.5 Å². The third-order valence-electron chi connectivity index (χ3n) is 3.00. The molecule has 1 atom stereocenters. The molecule has 1 unspecified atom stereocenters. The zero-order chi connectivity index (χ0) is 12.0. The molecular weight excluding hydrogens is 228 g/mol. The molecule has 0 aromatic heterocycles. The molecular formula is C10H22N2O3S. The molecule has 1 heterocycles. The molecule has 0 aromatic rings. The standard InChI is InChI=1S/C10H22N2O3S/c1-11-6-8-16(14,15)12-7-4-2-3-5-10(12)9-13/h10-11,13H,2-9H2,1H3. The van der Waals surface area contributed by atoms with E-state index in [0.29, 0.717) is 13.1 Å². The number of sulfonamides is 1. The Labute approximate surface area is 97.9 Å². The highest BCUT2D eigenvalue weighted by Crippen LogP contribution is 2.19. The van der Waals surface area contributed by atoms with Crippen LogP contribution in [-0.2, 0) is 10.0 Å². The van der Waals surface area contributed by atoms with Crippen molar-refractivity contribution in [2.45, 2.75) is 31.7 Å². The minimum Gasteiger partial charge on any atom is -0.395 e. The molecule has 0 radical (unpaired) electrons. The molecule has 16 heavy (non-hydrogen) atoms. The fraction of sp³-hybridized carbons (Fsp3) is 1.00. The average Bonchev–Trinajstić information content (AvgIpc) is 2.51. The molecule has 1 rings (SSSR count). The Morgan fingerprint density at radius 3 is 2.75 bits per heavy atom. The highest BCUT2D eigenvalue weighted by atomic mass is 32.2. The summed E-state index contributed by atoms with van der Waals surface area (Å²) in [4.78, 5) is 0. The van der Waals surface area contributed by atoms with Crippen LogP contribution in [0.4, 0.5) is 0 Å². The van der Waals surface area contributed by atoms with Gasteiger partial charge in [-0.15, -0.1) is 0 Å². The monoisotopic (exact) mass is 250 g/mol. The van der Waals surface area contributed by atoms with E-state index in [1.807, 2.05) is 0 Å². The van der Waals surface area contributed by atoms with E-state index >= 15 is 0 Å². The Bertz CT molecular complexity index is 292. The minimum atomic E-state index is -3.22. The fourth-order valence-corrected chi connectivity index (χ4v) is 3.78. The molecule has 0 bridgehead atoms. The van der Waals surface area contributed by atoms with Crippen LogP contribution in [0.1, 0.15) is 25.7 Å². The summed E-state index contributed by atoms with van der Waals surface area (Å²) in [6, 6.07) is -0.218. The number of nitrogens with zero attached hydrogens (tertiary/aromatic N) is 1. The van der Waals surface area contributed by atoms with Crippen LogP contribution in [0, 0.1) is 0 Å². The summed E-state index contributed by atoms with van der Waals surface area (Å²) in [5.41, 5.74) is 0. The zero-order valence-electron chi connectivity index (χ0n) is 9.85. The second kappa shape index (κ2) is 6.54. The lowest BCUT2D eigenvalue weighted by molar-refractivity contribution is 0.186. The van der Waals surface area contributed by atoms with Crippen molar-refractivity contribution in [1.29, 1.82) is 0 Å². The van der Waals surface area contributed by atoms with Crippen molar-refractivity contribution in [1.82, 2.24) is 9.62 Å². The smallest absolute Gasteiger partial charge is 0.215 e. The van der Waals surface area contributed by atoms with Gasteiger partial charge in [0, 0.05) is 19.1 Å². The van der Waals surface area contributed by atoms with Gasteiger partial charge < -0.3 is 10.4 Å². The van der Waals surface area contributed by atoms with Gasteiger partial charge in [-0.25, -0.2) is 8.42 Å². The van der Waals surface area contributed by atoms with Crippen molar-refractivity contribution in [2.24, 2.45) is 0 Å². The van der Waals surface area contributed by atoms with Crippen LogP contribution in [0.25, 0.3) is 0 Å². The summed E-state index contributed by atoms with van der Waals surface area (Å²) >= 11 is 0. The molecule has 96 valence electrons. The van der Waals surface area contributed by atoms with E-state index in [0.717, 1.165) is 25.7 Å². The van der Waals surface area contributed by atoms with Gasteiger partial charge in [0.15, 0.2) is 0 Å². The SMILES string of the molecule is CNCCS(=O)(=O)N1CCCCCC1CO. The van der Waals surface area contributed by atoms with E-state index in [1.54, 1.807) is 7.05 Å². The molecule has 6 heteroatoms. The summed E-state index contributed by atoms with van der Waals surface area (Å²) in [6.07, 6.45) is 3.72. The Morgan fingerprint density at radius 1 is 1.38 bits per heavy atom. The topological polar surface area (TPSA) is 69.6 Å². The normalized spacial score (nSPS) is 24.2. The molecule has 0 amide bonds. The lowest BCUT2D eigenvalue weighted by Crippen LogP contribution is -2.44. The van der Waals surface area contributed by atoms with Gasteiger partial charge in [0.2, 0.25) is 10.0 Å². The first-order chi connectivity index (χ1) is 7.61. The van der Waals surface area contributed by atoms with E-state index in [-0.39, 0.29) is 18.4 Å². The molecule has 1 aliphatic heterocycles. The Balaban J connectivity index is 2.72. The first-order valence-corrected chi connectivity index (χ1v) is 7.47. The van der Waals surface area contributed by atoms with Gasteiger partial charge in [0.25, 0.3) is 0 Å². The number of hydrogen-bond donors (Lipinski definition) is 2.